The van der Waals surface area contributed by atoms with Crippen LogP contribution in [0.1, 0.15) is 46.1 Å². The van der Waals surface area contributed by atoms with Crippen LogP contribution in [-0.4, -0.2) is 22.5 Å². The molecule has 1 amide bonds. The molecule has 2 aromatic heterocycles. The normalized spacial score (nSPS) is 13.7. The second-order valence-electron chi connectivity index (χ2n) is 7.18. The number of hydrogen-bond donors (Lipinski definition) is 1. The summed E-state index contributed by atoms with van der Waals surface area (Å²) < 4.78 is 7.49. The summed E-state index contributed by atoms with van der Waals surface area (Å²) in [6, 6.07) is 12.6. The highest BCUT2D eigenvalue weighted by Gasteiger charge is 2.29. The monoisotopic (exact) mass is 419 g/mol. The Morgan fingerprint density at radius 3 is 2.67 bits per heavy atom. The zero-order valence-corrected chi connectivity index (χ0v) is 17.4. The number of para-hydroxylation sites is 1. The minimum absolute atomic E-state index is 0.353. The summed E-state index contributed by atoms with van der Waals surface area (Å²) in [5.74, 6) is -0.966. The van der Waals surface area contributed by atoms with Gasteiger partial charge in [-0.25, -0.2) is 4.79 Å². The van der Waals surface area contributed by atoms with E-state index in [1.54, 1.807) is 35.6 Å². The molecule has 1 N–H and O–H groups in total. The molecule has 0 saturated carbocycles. The van der Waals surface area contributed by atoms with Crippen LogP contribution in [-0.2, 0) is 22.4 Å². The maximum Gasteiger partial charge on any atom is 0.342 e. The minimum Gasteiger partial charge on any atom is -0.449 e. The average Bonchev–Trinajstić information content (AvgIpc) is 3.41. The fourth-order valence-electron chi connectivity index (χ4n) is 3.61. The van der Waals surface area contributed by atoms with Gasteiger partial charge in [0.1, 0.15) is 11.1 Å². The van der Waals surface area contributed by atoms with Gasteiger partial charge in [0.05, 0.1) is 16.8 Å². The van der Waals surface area contributed by atoms with E-state index in [2.05, 4.69) is 5.32 Å². The van der Waals surface area contributed by atoms with Gasteiger partial charge in [-0.05, 0) is 62.4 Å². The Morgan fingerprint density at radius 2 is 1.90 bits per heavy atom. The van der Waals surface area contributed by atoms with E-state index in [1.165, 1.54) is 11.8 Å². The lowest BCUT2D eigenvalue weighted by atomic mass is 9.95. The number of nitrogens with one attached hydrogen (secondary N) is 1. The van der Waals surface area contributed by atoms with Gasteiger partial charge in [0.2, 0.25) is 0 Å². The van der Waals surface area contributed by atoms with E-state index in [1.807, 2.05) is 35.2 Å². The van der Waals surface area contributed by atoms with Crippen LogP contribution in [0, 0.1) is 11.3 Å². The van der Waals surface area contributed by atoms with Gasteiger partial charge in [0, 0.05) is 17.3 Å². The molecule has 0 radical (unpaired) electrons. The lowest BCUT2D eigenvalue weighted by molar-refractivity contribution is -0.123. The first-order valence-electron chi connectivity index (χ1n) is 9.87. The number of nitrogens with zero attached hydrogens (tertiary/aromatic N) is 2. The van der Waals surface area contributed by atoms with Crippen LogP contribution in [0.25, 0.3) is 5.00 Å². The Morgan fingerprint density at radius 1 is 1.17 bits per heavy atom. The Bertz CT molecular complexity index is 1130. The standard InChI is InChI=1S/C23H21N3O3S/c1-15(21(27)25-18-10-4-2-8-16(18)14-24)29-23(28)20-17-9-3-5-11-19(17)30-22(20)26-12-6-7-13-26/h2,4,6-8,10,12-13,15H,3,5,9,11H2,1H3,(H,25,27)/t15-/m1/s1. The molecule has 0 saturated heterocycles. The van der Waals surface area contributed by atoms with Crippen molar-refractivity contribution >= 4 is 28.9 Å². The highest BCUT2D eigenvalue weighted by Crippen LogP contribution is 2.37. The first kappa shape index (κ1) is 19.9. The summed E-state index contributed by atoms with van der Waals surface area (Å²) in [6.07, 6.45) is 6.77. The molecule has 2 heterocycles. The molecule has 7 heteroatoms. The van der Waals surface area contributed by atoms with Crippen molar-refractivity contribution in [1.82, 2.24) is 4.57 Å². The molecule has 30 heavy (non-hydrogen) atoms. The van der Waals surface area contributed by atoms with Gasteiger partial charge in [0.25, 0.3) is 5.91 Å². The minimum atomic E-state index is -0.999. The highest BCUT2D eigenvalue weighted by atomic mass is 32.1. The average molecular weight is 420 g/mol. The number of aryl methyl sites for hydroxylation is 1. The van der Waals surface area contributed by atoms with Crippen molar-refractivity contribution < 1.29 is 14.3 Å². The first-order chi connectivity index (χ1) is 14.6. The van der Waals surface area contributed by atoms with Crippen LogP contribution >= 0.6 is 11.3 Å². The van der Waals surface area contributed by atoms with Gasteiger partial charge in [-0.1, -0.05) is 12.1 Å². The Kier molecular flexibility index (Phi) is 5.68. The van der Waals surface area contributed by atoms with Crippen molar-refractivity contribution in [2.24, 2.45) is 0 Å². The highest BCUT2D eigenvalue weighted by molar-refractivity contribution is 7.15. The van der Waals surface area contributed by atoms with Crippen molar-refractivity contribution in [3.63, 3.8) is 0 Å². The predicted octanol–water partition coefficient (Wildman–Crippen LogP) is 4.47. The summed E-state index contributed by atoms with van der Waals surface area (Å²) >= 11 is 1.62. The number of ether oxygens (including phenoxy) is 1. The molecule has 6 nitrogen and oxygen atoms in total. The first-order valence-corrected chi connectivity index (χ1v) is 10.7. The van der Waals surface area contributed by atoms with E-state index in [-0.39, 0.29) is 0 Å². The molecule has 0 bridgehead atoms. The van der Waals surface area contributed by atoms with E-state index < -0.39 is 18.0 Å². The van der Waals surface area contributed by atoms with E-state index in [9.17, 15) is 14.9 Å². The fraction of sp³-hybridized carbons (Fsp3) is 0.261. The number of rotatable bonds is 5. The quantitative estimate of drug-likeness (QED) is 0.618. The Hall–Kier alpha value is -3.37. The van der Waals surface area contributed by atoms with E-state index in [0.29, 0.717) is 16.8 Å². The molecule has 0 fully saturated rings. The van der Waals surface area contributed by atoms with Gasteiger partial charge in [-0.2, -0.15) is 5.26 Å². The van der Waals surface area contributed by atoms with Gasteiger partial charge in [-0.3, -0.25) is 4.79 Å². The largest absolute Gasteiger partial charge is 0.449 e. The third-order valence-electron chi connectivity index (χ3n) is 5.15. The predicted molar refractivity (Wildman–Crippen MR) is 115 cm³/mol. The third-order valence-corrected chi connectivity index (χ3v) is 6.46. The SMILES string of the molecule is C[C@@H](OC(=O)c1c(-n2cccc2)sc2c1CCCC2)C(=O)Nc1ccccc1C#N. The van der Waals surface area contributed by atoms with Gasteiger partial charge >= 0.3 is 5.97 Å². The van der Waals surface area contributed by atoms with Crippen LogP contribution in [0.2, 0.25) is 0 Å². The summed E-state index contributed by atoms with van der Waals surface area (Å²) in [5.41, 5.74) is 2.35. The lowest BCUT2D eigenvalue weighted by Crippen LogP contribution is -2.30. The number of esters is 1. The number of nitriles is 1. The summed E-state index contributed by atoms with van der Waals surface area (Å²) in [5, 5.41) is 12.7. The fourth-order valence-corrected chi connectivity index (χ4v) is 4.95. The second kappa shape index (κ2) is 8.56. The summed E-state index contributed by atoms with van der Waals surface area (Å²) in [7, 11) is 0. The summed E-state index contributed by atoms with van der Waals surface area (Å²) in [4.78, 5) is 26.9. The molecule has 0 spiro atoms. The molecule has 1 aliphatic carbocycles. The zero-order chi connectivity index (χ0) is 21.1. The molecule has 4 rings (SSSR count). The van der Waals surface area contributed by atoms with E-state index in [4.69, 9.17) is 4.74 Å². The molecule has 1 aliphatic rings. The molecule has 3 aromatic rings. The van der Waals surface area contributed by atoms with Crippen molar-refractivity contribution in [2.45, 2.75) is 38.7 Å². The van der Waals surface area contributed by atoms with Crippen molar-refractivity contribution in [3.8, 4) is 11.1 Å². The number of hydrogen-bond acceptors (Lipinski definition) is 5. The van der Waals surface area contributed by atoms with Crippen molar-refractivity contribution in [3.05, 3.63) is 70.4 Å². The molecular formula is C23H21N3O3S. The number of carbonyl (C=O) groups is 2. The van der Waals surface area contributed by atoms with Crippen LogP contribution in [0.4, 0.5) is 5.69 Å². The Balaban J connectivity index is 1.56. The van der Waals surface area contributed by atoms with Gasteiger partial charge in [-0.15, -0.1) is 11.3 Å². The van der Waals surface area contributed by atoms with Crippen LogP contribution in [0.3, 0.4) is 0 Å². The topological polar surface area (TPSA) is 84.1 Å². The smallest absolute Gasteiger partial charge is 0.342 e. The number of aromatic nitrogens is 1. The molecule has 0 unspecified atom stereocenters. The number of amides is 1. The molecule has 1 aromatic carbocycles. The number of thiophene rings is 1. The number of carbonyl (C=O) groups excluding carboxylic acids is 2. The maximum absolute atomic E-state index is 13.1. The lowest BCUT2D eigenvalue weighted by Gasteiger charge is -2.16. The van der Waals surface area contributed by atoms with Crippen molar-refractivity contribution in [1.29, 1.82) is 5.26 Å². The second-order valence-corrected chi connectivity index (χ2v) is 8.26. The molecule has 1 atom stereocenters. The molecule has 152 valence electrons. The van der Waals surface area contributed by atoms with Crippen LogP contribution in [0.5, 0.6) is 0 Å². The van der Waals surface area contributed by atoms with Crippen molar-refractivity contribution in [2.75, 3.05) is 5.32 Å². The molecule has 0 aliphatic heterocycles. The Labute approximate surface area is 178 Å². The van der Waals surface area contributed by atoms with E-state index >= 15 is 0 Å². The number of benzene rings is 1. The van der Waals surface area contributed by atoms with Crippen LogP contribution < -0.4 is 5.32 Å². The van der Waals surface area contributed by atoms with Gasteiger partial charge < -0.3 is 14.6 Å². The van der Waals surface area contributed by atoms with E-state index in [0.717, 1.165) is 36.2 Å². The third kappa shape index (κ3) is 3.87. The zero-order valence-electron chi connectivity index (χ0n) is 16.6. The van der Waals surface area contributed by atoms with Crippen LogP contribution in [0.15, 0.2) is 48.8 Å². The maximum atomic E-state index is 13.1. The number of fused-ring (bicyclic) bond motifs is 1. The summed E-state index contributed by atoms with van der Waals surface area (Å²) in [6.45, 7) is 1.54. The van der Waals surface area contributed by atoms with Gasteiger partial charge in [0.15, 0.2) is 6.10 Å². The molecular weight excluding hydrogens is 398 g/mol. The number of anilines is 1.